The van der Waals surface area contributed by atoms with Crippen molar-refractivity contribution in [2.45, 2.75) is 38.8 Å². The molecule has 4 rings (SSSR count). The number of fused-ring (bicyclic) bond motifs is 1. The van der Waals surface area contributed by atoms with Crippen molar-refractivity contribution in [2.24, 2.45) is 0 Å². The number of aryl methyl sites for hydroxylation is 1. The van der Waals surface area contributed by atoms with Gasteiger partial charge in [0.2, 0.25) is 11.8 Å². The van der Waals surface area contributed by atoms with Crippen LogP contribution in [0.2, 0.25) is 0 Å². The summed E-state index contributed by atoms with van der Waals surface area (Å²) in [6.45, 7) is 2.56. The standard InChI is InChI=1S/C31H31FN2O2/c1-2-33-31(36)29(21-23-9-4-3-5-10-23)34(22-24-15-18-27(32)19-16-24)30(35)20-17-26-13-8-12-25-11-6-7-14-28(25)26/h3-16,18-19,29H,2,17,20-22H2,1H3,(H,33,36). The Kier molecular flexibility index (Phi) is 8.45. The van der Waals surface area contributed by atoms with Crippen molar-refractivity contribution in [1.29, 1.82) is 0 Å². The predicted molar refractivity (Wildman–Crippen MR) is 142 cm³/mol. The summed E-state index contributed by atoms with van der Waals surface area (Å²) in [6.07, 6.45) is 1.22. The average molecular weight is 483 g/mol. The maximum Gasteiger partial charge on any atom is 0.243 e. The molecular weight excluding hydrogens is 451 g/mol. The van der Waals surface area contributed by atoms with Crippen LogP contribution in [0.25, 0.3) is 10.8 Å². The number of hydrogen-bond acceptors (Lipinski definition) is 2. The fourth-order valence-corrected chi connectivity index (χ4v) is 4.53. The van der Waals surface area contributed by atoms with Crippen LogP contribution >= 0.6 is 0 Å². The van der Waals surface area contributed by atoms with Crippen molar-refractivity contribution in [3.8, 4) is 0 Å². The van der Waals surface area contributed by atoms with Crippen LogP contribution in [-0.2, 0) is 29.0 Å². The van der Waals surface area contributed by atoms with Gasteiger partial charge in [0.1, 0.15) is 11.9 Å². The van der Waals surface area contributed by atoms with Crippen molar-refractivity contribution in [2.75, 3.05) is 6.54 Å². The van der Waals surface area contributed by atoms with Gasteiger partial charge in [-0.05, 0) is 52.9 Å². The summed E-state index contributed by atoms with van der Waals surface area (Å²) in [5, 5.41) is 5.16. The first-order valence-electron chi connectivity index (χ1n) is 12.4. The fourth-order valence-electron chi connectivity index (χ4n) is 4.53. The maximum atomic E-state index is 13.7. The highest BCUT2D eigenvalue weighted by molar-refractivity contribution is 5.89. The number of halogens is 1. The minimum atomic E-state index is -0.683. The number of amides is 2. The quantitative estimate of drug-likeness (QED) is 0.316. The van der Waals surface area contributed by atoms with Crippen molar-refractivity contribution in [3.63, 3.8) is 0 Å². The van der Waals surface area contributed by atoms with Gasteiger partial charge in [0, 0.05) is 25.9 Å². The Labute approximate surface area is 211 Å². The lowest BCUT2D eigenvalue weighted by Gasteiger charge is -2.31. The van der Waals surface area contributed by atoms with Crippen LogP contribution in [0.1, 0.15) is 30.0 Å². The molecule has 4 nitrogen and oxygen atoms in total. The van der Waals surface area contributed by atoms with E-state index in [0.29, 0.717) is 19.4 Å². The molecule has 0 aliphatic rings. The molecule has 0 aliphatic heterocycles. The van der Waals surface area contributed by atoms with E-state index in [-0.39, 0.29) is 30.6 Å². The molecule has 0 aromatic heterocycles. The molecule has 0 spiro atoms. The molecule has 0 aliphatic carbocycles. The van der Waals surface area contributed by atoms with E-state index in [4.69, 9.17) is 0 Å². The molecule has 0 saturated carbocycles. The molecule has 1 unspecified atom stereocenters. The molecule has 4 aromatic rings. The Balaban J connectivity index is 1.62. The van der Waals surface area contributed by atoms with Crippen LogP contribution < -0.4 is 5.32 Å². The van der Waals surface area contributed by atoms with Gasteiger partial charge in [0.05, 0.1) is 0 Å². The van der Waals surface area contributed by atoms with Crippen LogP contribution in [0.5, 0.6) is 0 Å². The number of nitrogens with zero attached hydrogens (tertiary/aromatic N) is 1. The summed E-state index contributed by atoms with van der Waals surface area (Å²) in [5.41, 5.74) is 2.85. The third kappa shape index (κ3) is 6.36. The normalized spacial score (nSPS) is 11.7. The predicted octanol–water partition coefficient (Wildman–Crippen LogP) is 5.69. The molecule has 1 atom stereocenters. The highest BCUT2D eigenvalue weighted by Crippen LogP contribution is 2.22. The summed E-state index contributed by atoms with van der Waals surface area (Å²) in [6, 6.07) is 29.4. The average Bonchev–Trinajstić information content (AvgIpc) is 2.91. The summed E-state index contributed by atoms with van der Waals surface area (Å²) < 4.78 is 13.5. The molecule has 0 fully saturated rings. The zero-order valence-electron chi connectivity index (χ0n) is 20.5. The van der Waals surface area contributed by atoms with E-state index in [1.54, 1.807) is 17.0 Å². The number of carbonyl (C=O) groups is 2. The Bertz CT molecular complexity index is 1300. The minimum absolute atomic E-state index is 0.112. The van der Waals surface area contributed by atoms with Crippen LogP contribution in [0.3, 0.4) is 0 Å². The van der Waals surface area contributed by atoms with Gasteiger partial charge in [0.15, 0.2) is 0 Å². The topological polar surface area (TPSA) is 49.4 Å². The van der Waals surface area contributed by atoms with Gasteiger partial charge in [-0.25, -0.2) is 4.39 Å². The molecule has 0 saturated heterocycles. The first-order chi connectivity index (χ1) is 17.5. The van der Waals surface area contributed by atoms with E-state index in [2.05, 4.69) is 23.5 Å². The highest BCUT2D eigenvalue weighted by atomic mass is 19.1. The first kappa shape index (κ1) is 25.1. The Morgan fingerprint density at radius 3 is 2.28 bits per heavy atom. The molecule has 184 valence electrons. The van der Waals surface area contributed by atoms with Gasteiger partial charge in [-0.2, -0.15) is 0 Å². The molecule has 0 heterocycles. The largest absolute Gasteiger partial charge is 0.355 e. The maximum absolute atomic E-state index is 13.7. The molecule has 4 aromatic carbocycles. The summed E-state index contributed by atoms with van der Waals surface area (Å²) in [4.78, 5) is 28.6. The number of carbonyl (C=O) groups excluding carboxylic acids is 2. The van der Waals surface area contributed by atoms with E-state index in [1.165, 1.54) is 12.1 Å². The van der Waals surface area contributed by atoms with Crippen molar-refractivity contribution in [3.05, 3.63) is 120 Å². The second kappa shape index (κ2) is 12.1. The third-order valence-corrected chi connectivity index (χ3v) is 6.38. The molecule has 36 heavy (non-hydrogen) atoms. The van der Waals surface area contributed by atoms with Gasteiger partial charge >= 0.3 is 0 Å². The van der Waals surface area contributed by atoms with Crippen molar-refractivity contribution < 1.29 is 14.0 Å². The van der Waals surface area contributed by atoms with E-state index >= 15 is 0 Å². The summed E-state index contributed by atoms with van der Waals surface area (Å²) >= 11 is 0. The lowest BCUT2D eigenvalue weighted by molar-refractivity contribution is -0.141. The van der Waals surface area contributed by atoms with Gasteiger partial charge in [0.25, 0.3) is 0 Å². The Morgan fingerprint density at radius 1 is 0.833 bits per heavy atom. The van der Waals surface area contributed by atoms with Crippen LogP contribution in [0, 0.1) is 5.82 Å². The van der Waals surface area contributed by atoms with E-state index in [1.807, 2.05) is 61.5 Å². The van der Waals surface area contributed by atoms with Crippen LogP contribution in [-0.4, -0.2) is 29.3 Å². The lowest BCUT2D eigenvalue weighted by atomic mass is 9.99. The number of nitrogens with one attached hydrogen (secondary N) is 1. The molecule has 0 bridgehead atoms. The zero-order chi connectivity index (χ0) is 25.3. The highest BCUT2D eigenvalue weighted by Gasteiger charge is 2.30. The van der Waals surface area contributed by atoms with Crippen LogP contribution in [0.15, 0.2) is 97.1 Å². The van der Waals surface area contributed by atoms with Gasteiger partial charge < -0.3 is 10.2 Å². The van der Waals surface area contributed by atoms with E-state index in [0.717, 1.165) is 27.5 Å². The van der Waals surface area contributed by atoms with Gasteiger partial charge in [-0.15, -0.1) is 0 Å². The van der Waals surface area contributed by atoms with Crippen molar-refractivity contribution in [1.82, 2.24) is 10.2 Å². The number of rotatable bonds is 10. The minimum Gasteiger partial charge on any atom is -0.355 e. The SMILES string of the molecule is CCNC(=O)C(Cc1ccccc1)N(Cc1ccc(F)cc1)C(=O)CCc1cccc2ccccc12. The second-order valence-electron chi connectivity index (χ2n) is 8.89. The van der Waals surface area contributed by atoms with Crippen molar-refractivity contribution >= 4 is 22.6 Å². The number of benzene rings is 4. The molecule has 0 radical (unpaired) electrons. The Morgan fingerprint density at radius 2 is 1.53 bits per heavy atom. The Hall–Kier alpha value is -3.99. The molecule has 5 heteroatoms. The second-order valence-corrected chi connectivity index (χ2v) is 8.89. The number of likely N-dealkylation sites (N-methyl/N-ethyl adjacent to an activating group) is 1. The smallest absolute Gasteiger partial charge is 0.243 e. The van der Waals surface area contributed by atoms with Crippen LogP contribution in [0.4, 0.5) is 4.39 Å². The lowest BCUT2D eigenvalue weighted by Crippen LogP contribution is -2.50. The van der Waals surface area contributed by atoms with Gasteiger partial charge in [-0.1, -0.05) is 84.9 Å². The fraction of sp³-hybridized carbons (Fsp3) is 0.226. The van der Waals surface area contributed by atoms with E-state index in [9.17, 15) is 14.0 Å². The number of hydrogen-bond donors (Lipinski definition) is 1. The zero-order valence-corrected chi connectivity index (χ0v) is 20.5. The molecular formula is C31H31FN2O2. The monoisotopic (exact) mass is 482 g/mol. The summed E-state index contributed by atoms with van der Waals surface area (Å²) in [5.74, 6) is -0.640. The first-order valence-corrected chi connectivity index (χ1v) is 12.4. The molecule has 1 N–H and O–H groups in total. The van der Waals surface area contributed by atoms with Gasteiger partial charge in [-0.3, -0.25) is 9.59 Å². The summed E-state index contributed by atoms with van der Waals surface area (Å²) in [7, 11) is 0. The molecule has 2 amide bonds. The van der Waals surface area contributed by atoms with E-state index < -0.39 is 6.04 Å². The third-order valence-electron chi connectivity index (χ3n) is 6.38.